The predicted molar refractivity (Wildman–Crippen MR) is 174 cm³/mol. The Bertz CT molecular complexity index is 1810. The Balaban J connectivity index is 1.25. The number of carbonyl (C=O) groups excluding carboxylic acids is 2. The van der Waals surface area contributed by atoms with Gasteiger partial charge in [-0.15, -0.1) is 21.5 Å². The van der Waals surface area contributed by atoms with E-state index >= 15 is 0 Å². The molecule has 0 fully saturated rings. The quantitative estimate of drug-likeness (QED) is 0.184. The number of ether oxygens (including phenoxy) is 2. The van der Waals surface area contributed by atoms with Crippen LogP contribution in [0.4, 0.5) is 0 Å². The van der Waals surface area contributed by atoms with Gasteiger partial charge in [-0.2, -0.15) is 5.10 Å². The molecule has 3 heterocycles. The van der Waals surface area contributed by atoms with Crippen molar-refractivity contribution in [2.75, 3.05) is 20.0 Å². The van der Waals surface area contributed by atoms with Crippen molar-refractivity contribution < 1.29 is 19.1 Å². The van der Waals surface area contributed by atoms with E-state index in [0.29, 0.717) is 34.4 Å². The molecule has 10 nitrogen and oxygen atoms in total. The van der Waals surface area contributed by atoms with Crippen molar-refractivity contribution in [3.8, 4) is 17.2 Å². The predicted octanol–water partition coefficient (Wildman–Crippen LogP) is 5.75. The molecule has 12 heteroatoms. The zero-order chi connectivity index (χ0) is 31.2. The highest BCUT2D eigenvalue weighted by Gasteiger charge is 2.34. The fraction of sp³-hybridized carbons (Fsp3) is 0.182. The molecule has 6 rings (SSSR count). The molecule has 0 saturated heterocycles. The summed E-state index contributed by atoms with van der Waals surface area (Å²) in [6.45, 7) is 0.118. The minimum Gasteiger partial charge on any atom is -0.497 e. The molecule has 45 heavy (non-hydrogen) atoms. The molecule has 2 amide bonds. The van der Waals surface area contributed by atoms with Crippen molar-refractivity contribution >= 4 is 40.6 Å². The number of thioether (sulfide) groups is 1. The highest BCUT2D eigenvalue weighted by molar-refractivity contribution is 7.99. The van der Waals surface area contributed by atoms with Crippen LogP contribution in [0.15, 0.2) is 107 Å². The first-order chi connectivity index (χ1) is 22.1. The van der Waals surface area contributed by atoms with E-state index in [1.807, 2.05) is 88.8 Å². The van der Waals surface area contributed by atoms with Gasteiger partial charge in [0.05, 0.1) is 48.8 Å². The Labute approximate surface area is 268 Å². The zero-order valence-electron chi connectivity index (χ0n) is 24.6. The zero-order valence-corrected chi connectivity index (χ0v) is 26.3. The first-order valence-corrected chi connectivity index (χ1v) is 16.0. The number of nitrogens with one attached hydrogen (secondary N) is 1. The van der Waals surface area contributed by atoms with Gasteiger partial charge in [0.1, 0.15) is 11.5 Å². The number of benzene rings is 3. The summed E-state index contributed by atoms with van der Waals surface area (Å²) in [5.41, 5.74) is 3.08. The molecule has 228 valence electrons. The maximum Gasteiger partial charge on any atom is 0.253 e. The van der Waals surface area contributed by atoms with Crippen LogP contribution in [0.1, 0.15) is 39.1 Å². The van der Waals surface area contributed by atoms with Crippen molar-refractivity contribution in [1.29, 1.82) is 0 Å². The first-order valence-electron chi connectivity index (χ1n) is 14.2. The fourth-order valence-corrected chi connectivity index (χ4v) is 6.56. The van der Waals surface area contributed by atoms with Crippen molar-refractivity contribution in [2.45, 2.75) is 24.2 Å². The molecule has 1 unspecified atom stereocenters. The highest BCUT2D eigenvalue weighted by Crippen LogP contribution is 2.36. The van der Waals surface area contributed by atoms with Gasteiger partial charge in [0.25, 0.3) is 11.8 Å². The Kier molecular flexibility index (Phi) is 9.22. The monoisotopic (exact) mass is 638 g/mol. The smallest absolute Gasteiger partial charge is 0.253 e. The van der Waals surface area contributed by atoms with Crippen molar-refractivity contribution in [3.63, 3.8) is 0 Å². The number of carbonyl (C=O) groups is 2. The van der Waals surface area contributed by atoms with E-state index in [9.17, 15) is 9.59 Å². The maximum atomic E-state index is 13.8. The summed E-state index contributed by atoms with van der Waals surface area (Å²) in [6.07, 6.45) is 0.603. The third-order valence-corrected chi connectivity index (χ3v) is 9.10. The standard InChI is InChI=1S/C33H30N6O4S2/c1-42-24-16-14-22(15-17-24)27-19-25(29-13-8-18-44-29)37-39(27)31(40)21-45-33-36-35-30(20-34-32(41)23-9-4-3-5-10-23)38(33)26-11-6-7-12-28(26)43-2/h3-18,27H,19-21H2,1-2H3,(H,34,41). The summed E-state index contributed by atoms with van der Waals surface area (Å²) < 4.78 is 12.8. The summed E-state index contributed by atoms with van der Waals surface area (Å²) in [4.78, 5) is 27.7. The number of amides is 2. The summed E-state index contributed by atoms with van der Waals surface area (Å²) in [5.74, 6) is 1.52. The van der Waals surface area contributed by atoms with Gasteiger partial charge in [0.15, 0.2) is 11.0 Å². The number of rotatable bonds is 11. The van der Waals surface area contributed by atoms with Gasteiger partial charge in [-0.1, -0.05) is 60.3 Å². The van der Waals surface area contributed by atoms with E-state index in [4.69, 9.17) is 14.6 Å². The van der Waals surface area contributed by atoms with Gasteiger partial charge in [-0.05, 0) is 53.4 Å². The van der Waals surface area contributed by atoms with E-state index < -0.39 is 0 Å². The van der Waals surface area contributed by atoms with Gasteiger partial charge in [-0.25, -0.2) is 5.01 Å². The second kappa shape index (κ2) is 13.8. The highest BCUT2D eigenvalue weighted by atomic mass is 32.2. The summed E-state index contributed by atoms with van der Waals surface area (Å²) in [5, 5.41) is 20.6. The molecule has 0 radical (unpaired) electrons. The molecule has 1 aliphatic rings. The number of aromatic nitrogens is 3. The second-order valence-corrected chi connectivity index (χ2v) is 11.9. The summed E-state index contributed by atoms with van der Waals surface area (Å²) >= 11 is 2.85. The Morgan fingerprint density at radius 2 is 1.71 bits per heavy atom. The van der Waals surface area contributed by atoms with Crippen LogP contribution in [0.5, 0.6) is 11.5 Å². The molecule has 3 aromatic carbocycles. The largest absolute Gasteiger partial charge is 0.497 e. The molecular weight excluding hydrogens is 609 g/mol. The Morgan fingerprint density at radius 3 is 2.44 bits per heavy atom. The second-order valence-electron chi connectivity index (χ2n) is 10.00. The number of thiophene rings is 1. The number of nitrogens with zero attached hydrogens (tertiary/aromatic N) is 5. The molecule has 0 spiro atoms. The number of para-hydroxylation sites is 2. The minimum atomic E-state index is -0.253. The molecule has 0 aliphatic carbocycles. The van der Waals surface area contributed by atoms with Crippen molar-refractivity contribution in [2.24, 2.45) is 5.10 Å². The van der Waals surface area contributed by atoms with E-state index in [2.05, 4.69) is 15.5 Å². The van der Waals surface area contributed by atoms with Gasteiger partial charge in [0, 0.05) is 12.0 Å². The average molecular weight is 639 g/mol. The van der Waals surface area contributed by atoms with Gasteiger partial charge < -0.3 is 14.8 Å². The van der Waals surface area contributed by atoms with Crippen LogP contribution in [-0.4, -0.2) is 57.3 Å². The number of methoxy groups -OCH3 is 2. The van der Waals surface area contributed by atoms with Crippen LogP contribution in [0.3, 0.4) is 0 Å². The topological polar surface area (TPSA) is 111 Å². The molecule has 5 aromatic rings. The third-order valence-electron chi connectivity index (χ3n) is 7.27. The number of hydrazone groups is 1. The van der Waals surface area contributed by atoms with E-state index in [1.165, 1.54) is 11.8 Å². The number of hydrogen-bond acceptors (Lipinski definition) is 9. The lowest BCUT2D eigenvalue weighted by Gasteiger charge is -2.22. The van der Waals surface area contributed by atoms with Crippen LogP contribution < -0.4 is 14.8 Å². The number of hydrogen-bond donors (Lipinski definition) is 1. The van der Waals surface area contributed by atoms with E-state index in [0.717, 1.165) is 21.9 Å². The molecule has 2 aromatic heterocycles. The lowest BCUT2D eigenvalue weighted by atomic mass is 10.0. The van der Waals surface area contributed by atoms with Crippen molar-refractivity contribution in [3.05, 3.63) is 118 Å². The molecule has 0 saturated carbocycles. The van der Waals surface area contributed by atoms with Crippen molar-refractivity contribution in [1.82, 2.24) is 25.1 Å². The Morgan fingerprint density at radius 1 is 0.933 bits per heavy atom. The van der Waals surface area contributed by atoms with Crippen LogP contribution in [0, 0.1) is 0 Å². The molecular formula is C33H30N6O4S2. The molecule has 1 N–H and O–H groups in total. The summed E-state index contributed by atoms with van der Waals surface area (Å²) in [6, 6.07) is 27.9. The van der Waals surface area contributed by atoms with E-state index in [-0.39, 0.29) is 30.2 Å². The van der Waals surface area contributed by atoms with Crippen LogP contribution in [0.25, 0.3) is 5.69 Å². The third kappa shape index (κ3) is 6.61. The maximum absolute atomic E-state index is 13.8. The average Bonchev–Trinajstić information content (AvgIpc) is 3.87. The lowest BCUT2D eigenvalue weighted by Crippen LogP contribution is -2.28. The van der Waals surface area contributed by atoms with Crippen LogP contribution >= 0.6 is 23.1 Å². The Hall–Kier alpha value is -4.94. The SMILES string of the molecule is COc1ccc(C2CC(c3cccs3)=NN2C(=O)CSc2nnc(CNC(=O)c3ccccc3)n2-c2ccccc2OC)cc1. The molecule has 1 atom stereocenters. The molecule has 1 aliphatic heterocycles. The lowest BCUT2D eigenvalue weighted by molar-refractivity contribution is -0.130. The van der Waals surface area contributed by atoms with Crippen LogP contribution in [0.2, 0.25) is 0 Å². The van der Waals surface area contributed by atoms with Gasteiger partial charge in [-0.3, -0.25) is 14.2 Å². The van der Waals surface area contributed by atoms with E-state index in [1.54, 1.807) is 42.7 Å². The van der Waals surface area contributed by atoms with Gasteiger partial charge >= 0.3 is 0 Å². The normalized spacial score (nSPS) is 14.2. The fourth-order valence-electron chi connectivity index (χ4n) is 5.03. The first kappa shape index (κ1) is 30.1. The minimum absolute atomic E-state index is 0.0670. The molecule has 0 bridgehead atoms. The van der Waals surface area contributed by atoms with Crippen LogP contribution in [-0.2, 0) is 11.3 Å². The summed E-state index contributed by atoms with van der Waals surface area (Å²) in [7, 11) is 3.22. The van der Waals surface area contributed by atoms with Gasteiger partial charge in [0.2, 0.25) is 0 Å².